The lowest BCUT2D eigenvalue weighted by Crippen LogP contribution is -2.02. The summed E-state index contributed by atoms with van der Waals surface area (Å²) in [5.41, 5.74) is 9.61. The van der Waals surface area contributed by atoms with Gasteiger partial charge in [0.25, 0.3) is 0 Å². The summed E-state index contributed by atoms with van der Waals surface area (Å²) in [7, 11) is 5.98. The molecule has 8 rings (SSSR count). The highest BCUT2D eigenvalue weighted by atomic mass is 19.1. The molecule has 2 radical (unpaired) electrons. The van der Waals surface area contributed by atoms with Crippen LogP contribution >= 0.6 is 0 Å². The quantitative estimate of drug-likeness (QED) is 0.210. The molecule has 0 spiro atoms. The van der Waals surface area contributed by atoms with E-state index < -0.39 is 0 Å². The fourth-order valence-corrected chi connectivity index (χ4v) is 6.07. The van der Waals surface area contributed by atoms with Crippen molar-refractivity contribution in [3.8, 4) is 22.5 Å². The van der Waals surface area contributed by atoms with E-state index in [1.807, 2.05) is 30.3 Å². The summed E-state index contributed by atoms with van der Waals surface area (Å²) < 4.78 is 18.2. The minimum absolute atomic E-state index is 0.236. The summed E-state index contributed by atoms with van der Waals surface area (Å²) in [4.78, 5) is 0. The fourth-order valence-electron chi connectivity index (χ4n) is 6.07. The van der Waals surface area contributed by atoms with E-state index in [-0.39, 0.29) is 5.82 Å². The Labute approximate surface area is 231 Å². The van der Waals surface area contributed by atoms with Crippen molar-refractivity contribution in [1.29, 1.82) is 0 Å². The summed E-state index contributed by atoms with van der Waals surface area (Å²) in [6.45, 7) is 0. The van der Waals surface area contributed by atoms with E-state index in [2.05, 4.69) is 100 Å². The monoisotopic (exact) mass is 512 g/mol. The Morgan fingerprint density at radius 3 is 1.35 bits per heavy atom. The fraction of sp³-hybridized carbons (Fsp3) is 0. The van der Waals surface area contributed by atoms with Gasteiger partial charge in [-0.25, -0.2) is 4.39 Å². The molecule has 0 amide bonds. The van der Waals surface area contributed by atoms with Gasteiger partial charge in [0, 0.05) is 32.9 Å². The first kappa shape index (κ1) is 22.9. The van der Waals surface area contributed by atoms with Crippen LogP contribution in [0, 0.1) is 5.82 Å². The Morgan fingerprint density at radius 1 is 0.425 bits per heavy atom. The van der Waals surface area contributed by atoms with E-state index in [0.717, 1.165) is 50.0 Å². The van der Waals surface area contributed by atoms with Crippen molar-refractivity contribution in [3.05, 3.63) is 139 Å². The third kappa shape index (κ3) is 3.43. The highest BCUT2D eigenvalue weighted by Crippen LogP contribution is 2.38. The third-order valence-electron chi connectivity index (χ3n) is 7.91. The van der Waals surface area contributed by atoms with Gasteiger partial charge < -0.3 is 9.13 Å². The molecule has 0 atom stereocenters. The number of hydrogen-bond donors (Lipinski definition) is 0. The molecule has 0 saturated carbocycles. The van der Waals surface area contributed by atoms with Crippen LogP contribution in [0.5, 0.6) is 0 Å². The highest BCUT2D eigenvalue weighted by molar-refractivity contribution is 6.32. The smallest absolute Gasteiger partial charge is 0.123 e. The zero-order chi connectivity index (χ0) is 26.8. The van der Waals surface area contributed by atoms with Crippen molar-refractivity contribution < 1.29 is 4.39 Å². The van der Waals surface area contributed by atoms with Crippen LogP contribution in [0.2, 0.25) is 0 Å². The van der Waals surface area contributed by atoms with Crippen molar-refractivity contribution >= 4 is 56.9 Å². The predicted molar refractivity (Wildman–Crippen MR) is 166 cm³/mol. The first-order chi connectivity index (χ1) is 19.7. The maximum atomic E-state index is 13.7. The molecule has 0 N–H and O–H groups in total. The zero-order valence-corrected chi connectivity index (χ0v) is 21.6. The van der Waals surface area contributed by atoms with Crippen LogP contribution in [-0.4, -0.2) is 17.0 Å². The summed E-state index contributed by atoms with van der Waals surface area (Å²) >= 11 is 0. The number of fused-ring (bicyclic) bond motifs is 6. The summed E-state index contributed by atoms with van der Waals surface area (Å²) in [6.07, 6.45) is 0. The normalized spacial score (nSPS) is 11.7. The molecule has 0 fully saturated rings. The van der Waals surface area contributed by atoms with E-state index in [1.54, 1.807) is 0 Å². The first-order valence-corrected chi connectivity index (χ1v) is 13.3. The molecule has 0 aliphatic rings. The molecular formula is C36H22BFN2. The molecule has 6 aromatic carbocycles. The molecule has 0 bridgehead atoms. The largest absolute Gasteiger partial charge is 0.309 e. The Hall–Kier alpha value is -5.09. The average molecular weight is 512 g/mol. The van der Waals surface area contributed by atoms with Crippen molar-refractivity contribution in [3.63, 3.8) is 0 Å². The average Bonchev–Trinajstić information content (AvgIpc) is 3.50. The van der Waals surface area contributed by atoms with Crippen molar-refractivity contribution in [1.82, 2.24) is 9.13 Å². The summed E-state index contributed by atoms with van der Waals surface area (Å²) in [6, 6.07) is 45.0. The minimum Gasteiger partial charge on any atom is -0.309 e. The summed E-state index contributed by atoms with van der Waals surface area (Å²) in [5, 5.41) is 4.76. The molecule has 2 nitrogen and oxygen atoms in total. The minimum atomic E-state index is -0.236. The van der Waals surface area contributed by atoms with Gasteiger partial charge in [0.1, 0.15) is 13.7 Å². The van der Waals surface area contributed by atoms with Crippen LogP contribution in [0.3, 0.4) is 0 Å². The van der Waals surface area contributed by atoms with Crippen LogP contribution in [0.15, 0.2) is 133 Å². The van der Waals surface area contributed by atoms with E-state index >= 15 is 0 Å². The lowest BCUT2D eigenvalue weighted by atomic mass is 9.96. The highest BCUT2D eigenvalue weighted by Gasteiger charge is 2.16. The molecule has 186 valence electrons. The van der Waals surface area contributed by atoms with Crippen molar-refractivity contribution in [2.45, 2.75) is 0 Å². The van der Waals surface area contributed by atoms with Crippen LogP contribution in [0.4, 0.5) is 4.39 Å². The molecule has 0 aliphatic carbocycles. The van der Waals surface area contributed by atoms with Gasteiger partial charge in [-0.2, -0.15) is 0 Å². The number of nitrogens with zero attached hydrogens (tertiary/aromatic N) is 2. The maximum Gasteiger partial charge on any atom is 0.123 e. The van der Waals surface area contributed by atoms with Crippen molar-refractivity contribution in [2.24, 2.45) is 0 Å². The SMILES string of the molecule is [B]c1ccc(-n2c3ccccc3c3cc(-c4ccc5c(c4)c4ccccc4n5-c4ccc(F)cc4)ccc32)cc1. The zero-order valence-electron chi connectivity index (χ0n) is 21.6. The second kappa shape index (κ2) is 8.72. The second-order valence-electron chi connectivity index (χ2n) is 10.2. The molecule has 8 aromatic rings. The number of hydrogen-bond acceptors (Lipinski definition) is 0. The van der Waals surface area contributed by atoms with Gasteiger partial charge in [-0.15, -0.1) is 0 Å². The second-order valence-corrected chi connectivity index (χ2v) is 10.2. The molecule has 0 aliphatic heterocycles. The Balaban J connectivity index is 1.34. The van der Waals surface area contributed by atoms with E-state index in [0.29, 0.717) is 0 Å². The number of para-hydroxylation sites is 2. The molecule has 0 unspecified atom stereocenters. The lowest BCUT2D eigenvalue weighted by molar-refractivity contribution is 0.627. The van der Waals surface area contributed by atoms with E-state index in [9.17, 15) is 4.39 Å². The molecule has 2 aromatic heterocycles. The summed E-state index contributed by atoms with van der Waals surface area (Å²) in [5.74, 6) is -0.236. The van der Waals surface area contributed by atoms with Crippen LogP contribution in [-0.2, 0) is 0 Å². The van der Waals surface area contributed by atoms with Gasteiger partial charge in [0.15, 0.2) is 0 Å². The third-order valence-corrected chi connectivity index (χ3v) is 7.91. The van der Waals surface area contributed by atoms with Gasteiger partial charge in [0.2, 0.25) is 0 Å². The van der Waals surface area contributed by atoms with Gasteiger partial charge in [0.05, 0.1) is 22.1 Å². The Morgan fingerprint density at radius 2 is 0.850 bits per heavy atom. The maximum absolute atomic E-state index is 13.7. The molecule has 2 heterocycles. The molecular weight excluding hydrogens is 490 g/mol. The van der Waals surface area contributed by atoms with Crippen LogP contribution in [0.25, 0.3) is 66.1 Å². The number of halogens is 1. The van der Waals surface area contributed by atoms with E-state index in [4.69, 9.17) is 7.85 Å². The first-order valence-electron chi connectivity index (χ1n) is 13.3. The van der Waals surface area contributed by atoms with E-state index in [1.165, 1.54) is 33.7 Å². The van der Waals surface area contributed by atoms with Gasteiger partial charge in [-0.3, -0.25) is 0 Å². The molecule has 40 heavy (non-hydrogen) atoms. The van der Waals surface area contributed by atoms with Crippen LogP contribution < -0.4 is 5.46 Å². The topological polar surface area (TPSA) is 9.86 Å². The Bertz CT molecular complexity index is 2060. The standard InChI is InChI=1S/C36H22BFN2/c37-25-11-15-27(16-12-25)39-33-7-3-1-5-29(33)31-21-23(9-19-35(31)39)24-10-20-36-32(22-24)30-6-2-4-8-34(30)40(36)28-17-13-26(38)14-18-28/h1-22H. The van der Waals surface area contributed by atoms with Gasteiger partial charge in [-0.1, -0.05) is 66.1 Å². The predicted octanol–water partition coefficient (Wildman–Crippen LogP) is 8.48. The number of benzene rings is 6. The van der Waals surface area contributed by atoms with Crippen LogP contribution in [0.1, 0.15) is 0 Å². The number of rotatable bonds is 3. The van der Waals surface area contributed by atoms with Gasteiger partial charge in [-0.05, 0) is 83.9 Å². The molecule has 4 heteroatoms. The lowest BCUT2D eigenvalue weighted by Gasteiger charge is -2.09. The van der Waals surface area contributed by atoms with Crippen molar-refractivity contribution in [2.75, 3.05) is 0 Å². The van der Waals surface area contributed by atoms with Gasteiger partial charge >= 0.3 is 0 Å². The Kier molecular flexibility index (Phi) is 4.98. The number of aromatic nitrogens is 2. The molecule has 0 saturated heterocycles.